The van der Waals surface area contributed by atoms with Crippen molar-refractivity contribution in [3.8, 4) is 0 Å². The van der Waals surface area contributed by atoms with E-state index in [-0.39, 0.29) is 16.8 Å². The van der Waals surface area contributed by atoms with E-state index in [0.717, 1.165) is 42.8 Å². The molecule has 0 saturated carbocycles. The largest absolute Gasteiger partial charge is 0.324 e. The van der Waals surface area contributed by atoms with Crippen molar-refractivity contribution in [1.82, 2.24) is 9.80 Å². The third-order valence-corrected chi connectivity index (χ3v) is 7.66. The summed E-state index contributed by atoms with van der Waals surface area (Å²) in [5, 5.41) is 3.00. The second kappa shape index (κ2) is 9.60. The number of aryl methyl sites for hydroxylation is 1. The average Bonchev–Trinajstić information content (AvgIpc) is 3.22. The highest BCUT2D eigenvalue weighted by Crippen LogP contribution is 2.44. The maximum atomic E-state index is 12.9. The number of nitrogens with zero attached hydrogens (tertiary/aromatic N) is 2. The number of thioether (sulfide) groups is 1. The maximum absolute atomic E-state index is 12.9. The van der Waals surface area contributed by atoms with Gasteiger partial charge in [-0.15, -0.1) is 11.8 Å². The van der Waals surface area contributed by atoms with E-state index in [4.69, 9.17) is 0 Å². The number of rotatable bonds is 4. The lowest BCUT2D eigenvalue weighted by Crippen LogP contribution is -2.53. The van der Waals surface area contributed by atoms with E-state index in [9.17, 15) is 9.59 Å². The van der Waals surface area contributed by atoms with E-state index in [2.05, 4.69) is 12.2 Å². The highest BCUT2D eigenvalue weighted by Gasteiger charge is 2.46. The quantitative estimate of drug-likeness (QED) is 0.698. The molecule has 0 bridgehead atoms. The molecule has 2 aromatic carbocycles. The average molecular weight is 436 g/mol. The minimum atomic E-state index is -0.197. The lowest BCUT2D eigenvalue weighted by Gasteiger charge is -2.43. The van der Waals surface area contributed by atoms with Gasteiger partial charge >= 0.3 is 6.03 Å². The van der Waals surface area contributed by atoms with Crippen LogP contribution in [0.5, 0.6) is 0 Å². The number of carbonyl (C=O) groups is 2. The fourth-order valence-electron chi connectivity index (χ4n) is 4.24. The third kappa shape index (κ3) is 4.96. The van der Waals surface area contributed by atoms with Gasteiger partial charge in [0, 0.05) is 37.2 Å². The van der Waals surface area contributed by atoms with Gasteiger partial charge in [-0.25, -0.2) is 4.79 Å². The number of hydrogen-bond donors (Lipinski definition) is 1. The first kappa shape index (κ1) is 21.5. The molecule has 2 fully saturated rings. The number of anilines is 1. The summed E-state index contributed by atoms with van der Waals surface area (Å²) in [6.07, 6.45) is 6.14. The third-order valence-electron chi connectivity index (χ3n) is 6.11. The Morgan fingerprint density at radius 1 is 1.03 bits per heavy atom. The Morgan fingerprint density at radius 2 is 1.74 bits per heavy atom. The van der Waals surface area contributed by atoms with E-state index in [1.807, 2.05) is 82.2 Å². The molecule has 4 rings (SSSR count). The molecule has 0 aliphatic carbocycles. The second-order valence-electron chi connectivity index (χ2n) is 8.00. The van der Waals surface area contributed by atoms with Gasteiger partial charge in [0.2, 0.25) is 5.91 Å². The predicted octanol–water partition coefficient (Wildman–Crippen LogP) is 4.86. The monoisotopic (exact) mass is 435 g/mol. The number of carbonyl (C=O) groups excluding carboxylic acids is 2. The molecule has 31 heavy (non-hydrogen) atoms. The van der Waals surface area contributed by atoms with Crippen LogP contribution in [0.25, 0.3) is 6.08 Å². The van der Waals surface area contributed by atoms with Crippen LogP contribution in [-0.2, 0) is 11.2 Å². The number of piperidine rings is 1. The Hall–Kier alpha value is -2.73. The van der Waals surface area contributed by atoms with Gasteiger partial charge < -0.3 is 15.1 Å². The van der Waals surface area contributed by atoms with E-state index < -0.39 is 0 Å². The van der Waals surface area contributed by atoms with Crippen LogP contribution in [0, 0.1) is 0 Å². The molecule has 162 valence electrons. The molecular weight excluding hydrogens is 406 g/mol. The van der Waals surface area contributed by atoms with Crippen LogP contribution in [-0.4, -0.2) is 52.0 Å². The van der Waals surface area contributed by atoms with E-state index in [1.165, 1.54) is 5.56 Å². The first-order chi connectivity index (χ1) is 15.1. The normalized spacial score (nSPS) is 18.0. The van der Waals surface area contributed by atoms with Crippen LogP contribution in [0.3, 0.4) is 0 Å². The van der Waals surface area contributed by atoms with Gasteiger partial charge in [-0.1, -0.05) is 49.4 Å². The van der Waals surface area contributed by atoms with Crippen molar-refractivity contribution in [2.24, 2.45) is 0 Å². The number of amides is 3. The van der Waals surface area contributed by atoms with Crippen LogP contribution in [0.2, 0.25) is 0 Å². The Labute approximate surface area is 188 Å². The van der Waals surface area contributed by atoms with Gasteiger partial charge in [0.05, 0.1) is 4.87 Å². The molecule has 0 unspecified atom stereocenters. The summed E-state index contributed by atoms with van der Waals surface area (Å²) in [6, 6.07) is 17.8. The molecule has 6 heteroatoms. The molecule has 2 aliphatic heterocycles. The number of nitrogens with one attached hydrogen (secondary N) is 1. The summed E-state index contributed by atoms with van der Waals surface area (Å²) in [6.45, 7) is 4.18. The van der Waals surface area contributed by atoms with Crippen LogP contribution < -0.4 is 5.32 Å². The molecule has 0 aromatic heterocycles. The number of urea groups is 1. The molecule has 5 nitrogen and oxygen atoms in total. The molecular formula is C25H29N3O2S. The molecule has 1 spiro atoms. The summed E-state index contributed by atoms with van der Waals surface area (Å²) in [7, 11) is 0. The topological polar surface area (TPSA) is 52.7 Å². The van der Waals surface area contributed by atoms with Crippen molar-refractivity contribution in [3.63, 3.8) is 0 Å². The van der Waals surface area contributed by atoms with Gasteiger partial charge in [0.25, 0.3) is 0 Å². The minimum absolute atomic E-state index is 0.0581. The molecule has 2 aromatic rings. The van der Waals surface area contributed by atoms with Crippen molar-refractivity contribution in [1.29, 1.82) is 0 Å². The van der Waals surface area contributed by atoms with Crippen LogP contribution >= 0.6 is 11.8 Å². The van der Waals surface area contributed by atoms with Crippen molar-refractivity contribution < 1.29 is 9.59 Å². The predicted molar refractivity (Wildman–Crippen MR) is 128 cm³/mol. The Balaban J connectivity index is 1.35. The number of benzene rings is 2. The molecule has 2 aliphatic rings. The van der Waals surface area contributed by atoms with E-state index >= 15 is 0 Å². The maximum Gasteiger partial charge on any atom is 0.321 e. The summed E-state index contributed by atoms with van der Waals surface area (Å²) in [5.74, 6) is 1.00. The summed E-state index contributed by atoms with van der Waals surface area (Å²) in [4.78, 5) is 29.3. The van der Waals surface area contributed by atoms with E-state index in [0.29, 0.717) is 13.1 Å². The summed E-state index contributed by atoms with van der Waals surface area (Å²) >= 11 is 1.86. The van der Waals surface area contributed by atoms with Crippen LogP contribution in [0.1, 0.15) is 30.9 Å². The molecule has 3 amide bonds. The van der Waals surface area contributed by atoms with Crippen LogP contribution in [0.4, 0.5) is 10.5 Å². The lowest BCUT2D eigenvalue weighted by molar-refractivity contribution is -0.129. The zero-order valence-electron chi connectivity index (χ0n) is 17.9. The molecule has 0 atom stereocenters. The standard InChI is InChI=1S/C25H29N3O2S/c1-2-20-8-11-22(12-9-20)26-24(30)27-16-14-25(15-17-27)28(18-19-31-25)23(29)13-10-21-6-4-3-5-7-21/h3-13H,2,14-19H2,1H3,(H,26,30). The molecule has 0 radical (unpaired) electrons. The molecule has 1 N–H and O–H groups in total. The van der Waals surface area contributed by atoms with Crippen molar-refractivity contribution in [2.45, 2.75) is 31.1 Å². The van der Waals surface area contributed by atoms with Gasteiger partial charge in [-0.2, -0.15) is 0 Å². The van der Waals surface area contributed by atoms with Gasteiger partial charge in [0.1, 0.15) is 0 Å². The Kier molecular flexibility index (Phi) is 6.66. The van der Waals surface area contributed by atoms with Crippen molar-refractivity contribution >= 4 is 35.5 Å². The van der Waals surface area contributed by atoms with Crippen molar-refractivity contribution in [2.75, 3.05) is 30.7 Å². The van der Waals surface area contributed by atoms with Gasteiger partial charge in [-0.3, -0.25) is 4.79 Å². The van der Waals surface area contributed by atoms with Crippen LogP contribution in [0.15, 0.2) is 60.7 Å². The Morgan fingerprint density at radius 3 is 2.42 bits per heavy atom. The summed E-state index contributed by atoms with van der Waals surface area (Å²) in [5.41, 5.74) is 3.10. The van der Waals surface area contributed by atoms with Gasteiger partial charge in [-0.05, 0) is 48.6 Å². The number of likely N-dealkylation sites (tertiary alicyclic amines) is 1. The van der Waals surface area contributed by atoms with Crippen molar-refractivity contribution in [3.05, 3.63) is 71.8 Å². The fraction of sp³-hybridized carbons (Fsp3) is 0.360. The number of hydrogen-bond acceptors (Lipinski definition) is 3. The second-order valence-corrected chi connectivity index (χ2v) is 9.45. The van der Waals surface area contributed by atoms with E-state index in [1.54, 1.807) is 6.08 Å². The molecule has 2 saturated heterocycles. The van der Waals surface area contributed by atoms with Gasteiger partial charge in [0.15, 0.2) is 0 Å². The highest BCUT2D eigenvalue weighted by molar-refractivity contribution is 8.00. The molecule has 2 heterocycles. The fourth-order valence-corrected chi connectivity index (χ4v) is 5.70. The minimum Gasteiger partial charge on any atom is -0.324 e. The zero-order chi connectivity index (χ0) is 21.7. The Bertz CT molecular complexity index is 935. The first-order valence-corrected chi connectivity index (χ1v) is 11.9. The zero-order valence-corrected chi connectivity index (χ0v) is 18.7. The highest BCUT2D eigenvalue weighted by atomic mass is 32.2. The lowest BCUT2D eigenvalue weighted by atomic mass is 10.0. The summed E-state index contributed by atoms with van der Waals surface area (Å²) < 4.78 is 0. The first-order valence-electron chi connectivity index (χ1n) is 10.9. The smallest absolute Gasteiger partial charge is 0.321 e. The SMILES string of the molecule is CCc1ccc(NC(=O)N2CCC3(CC2)SCCN3C(=O)C=Cc2ccccc2)cc1.